The minimum atomic E-state index is -1.33. The Labute approximate surface area is 121 Å². The van der Waals surface area contributed by atoms with Gasteiger partial charge in [0.05, 0.1) is 6.20 Å². The van der Waals surface area contributed by atoms with E-state index in [1.807, 2.05) is 0 Å². The highest BCUT2D eigenvalue weighted by Gasteiger charge is 2.62. The maximum atomic E-state index is 12.0. The second kappa shape index (κ2) is 4.54. The normalized spacial score (nSPS) is 29.0. The van der Waals surface area contributed by atoms with Crippen molar-refractivity contribution in [2.45, 2.75) is 38.5 Å². The van der Waals surface area contributed by atoms with Gasteiger partial charge in [0.2, 0.25) is 6.04 Å². The van der Waals surface area contributed by atoms with Gasteiger partial charge in [0.1, 0.15) is 23.9 Å². The number of rotatable bonds is 1. The molecule has 0 saturated heterocycles. The van der Waals surface area contributed by atoms with Crippen LogP contribution in [0.4, 0.5) is 4.79 Å². The molecule has 8 heteroatoms. The Morgan fingerprint density at radius 1 is 1.38 bits per heavy atom. The molecule has 1 aromatic rings. The number of carboxylic acids is 1. The van der Waals surface area contributed by atoms with Crippen molar-refractivity contribution in [2.75, 3.05) is 6.54 Å². The van der Waals surface area contributed by atoms with E-state index < -0.39 is 34.2 Å². The largest absolute Gasteiger partial charge is 0.515 e. The topological polar surface area (TPSA) is 113 Å². The summed E-state index contributed by atoms with van der Waals surface area (Å²) in [5, 5.41) is 33.7. The van der Waals surface area contributed by atoms with Crippen molar-refractivity contribution in [1.29, 1.82) is 0 Å². The molecule has 0 fully saturated rings. The monoisotopic (exact) mass is 298 g/mol. The summed E-state index contributed by atoms with van der Waals surface area (Å²) in [6.07, 6.45) is -0.950. The number of hydrogen-bond donors (Lipinski definition) is 3. The second-order valence-corrected chi connectivity index (χ2v) is 6.37. The number of aliphatic carboxylic acids is 1. The number of aliphatic hydroxyl groups is 1. The van der Waals surface area contributed by atoms with E-state index in [1.165, 1.54) is 10.9 Å². The predicted octanol–water partition coefficient (Wildman–Crippen LogP) is 0.886. The molecule has 0 aliphatic carbocycles. The molecule has 0 aromatic carbocycles. The van der Waals surface area contributed by atoms with Crippen LogP contribution in [0.3, 0.4) is 0 Å². The Bertz CT molecular complexity index is 603. The van der Waals surface area contributed by atoms with Crippen molar-refractivity contribution in [3.05, 3.63) is 17.5 Å². The summed E-state index contributed by atoms with van der Waals surface area (Å²) in [6.45, 7) is 4.76. The van der Waals surface area contributed by atoms with Gasteiger partial charge in [0.25, 0.3) is 0 Å². The number of hydrogen-bond acceptors (Lipinski definition) is 4. The molecule has 0 radical (unpaired) electrons. The predicted molar refractivity (Wildman–Crippen MR) is 71.4 cm³/mol. The molecule has 1 amide bonds. The van der Waals surface area contributed by atoms with Crippen LogP contribution in [0.25, 0.3) is 0 Å². The van der Waals surface area contributed by atoms with Gasteiger partial charge >= 0.3 is 12.1 Å². The van der Waals surface area contributed by atoms with Crippen LogP contribution in [0.2, 0.25) is 0 Å². The van der Waals surface area contributed by atoms with Gasteiger partial charge in [-0.15, -0.1) is 0 Å². The van der Waals surface area contributed by atoms with Crippen molar-refractivity contribution < 1.29 is 29.4 Å². The van der Waals surface area contributed by atoms with Gasteiger partial charge in [0, 0.05) is 12.6 Å². The van der Waals surface area contributed by atoms with Gasteiger partial charge in [-0.25, -0.2) is 4.79 Å². The molecule has 1 aliphatic heterocycles. The summed E-state index contributed by atoms with van der Waals surface area (Å²) < 4.78 is 0.550. The van der Waals surface area contributed by atoms with Crippen LogP contribution < -0.4 is 0 Å². The second-order valence-electron chi connectivity index (χ2n) is 6.37. The molecule has 8 nitrogen and oxygen atoms in total. The Kier molecular flexibility index (Phi) is 3.34. The summed E-state index contributed by atoms with van der Waals surface area (Å²) in [5.41, 5.74) is -0.305. The molecule has 0 spiro atoms. The zero-order valence-electron chi connectivity index (χ0n) is 12.4. The molecule has 2 heterocycles. The molecule has 2 rings (SSSR count). The molecule has 1 aromatic heterocycles. The van der Waals surface area contributed by atoms with Crippen LogP contribution in [-0.4, -0.2) is 53.7 Å². The average Bonchev–Trinajstić information content (AvgIpc) is 2.69. The smallest absolute Gasteiger partial charge is 0.477 e. The number of carbonyl (C=O) groups is 2. The third-order valence-corrected chi connectivity index (χ3v) is 4.31. The van der Waals surface area contributed by atoms with Crippen molar-refractivity contribution >= 4 is 12.1 Å². The first kappa shape index (κ1) is 15.5. The maximum Gasteiger partial charge on any atom is 0.515 e. The van der Waals surface area contributed by atoms with Crippen LogP contribution in [0.5, 0.6) is 0 Å². The average molecular weight is 298 g/mol. The molecule has 21 heavy (non-hydrogen) atoms. The fraction of sp³-hybridized carbons (Fsp3) is 0.615. The third-order valence-electron chi connectivity index (χ3n) is 4.31. The lowest BCUT2D eigenvalue weighted by molar-refractivity contribution is -0.930. The third kappa shape index (κ3) is 1.94. The van der Waals surface area contributed by atoms with Gasteiger partial charge in [-0.2, -0.15) is 14.4 Å². The summed E-state index contributed by atoms with van der Waals surface area (Å²) in [6, 6.07) is -1.33. The van der Waals surface area contributed by atoms with E-state index in [0.717, 1.165) is 0 Å². The Morgan fingerprint density at radius 3 is 2.38 bits per heavy atom. The zero-order valence-corrected chi connectivity index (χ0v) is 12.4. The molecule has 1 aliphatic rings. The van der Waals surface area contributed by atoms with Crippen LogP contribution in [-0.2, 0) is 11.8 Å². The fourth-order valence-electron chi connectivity index (χ4n) is 3.18. The summed E-state index contributed by atoms with van der Waals surface area (Å²) in [7, 11) is 1.55. The van der Waals surface area contributed by atoms with Gasteiger partial charge < -0.3 is 15.3 Å². The van der Waals surface area contributed by atoms with Gasteiger partial charge in [0.15, 0.2) is 0 Å². The highest BCUT2D eigenvalue weighted by Crippen LogP contribution is 2.46. The van der Waals surface area contributed by atoms with E-state index in [9.17, 15) is 24.9 Å². The molecular weight excluding hydrogens is 278 g/mol. The summed E-state index contributed by atoms with van der Waals surface area (Å²) in [4.78, 5) is 23.8. The van der Waals surface area contributed by atoms with E-state index >= 15 is 0 Å². The Balaban J connectivity index is 2.81. The SMILES string of the molecule is Cn1ncc2c1C(C(=O)O)[N+](C(=O)O)(C(C)(C)C)CC2O. The highest BCUT2D eigenvalue weighted by atomic mass is 16.4. The molecule has 3 unspecified atom stereocenters. The fourth-order valence-corrected chi connectivity index (χ4v) is 3.18. The molecular formula is C13H20N3O5+. The highest BCUT2D eigenvalue weighted by molar-refractivity contribution is 5.77. The van der Waals surface area contributed by atoms with Gasteiger partial charge in [-0.05, 0) is 20.8 Å². The molecule has 0 bridgehead atoms. The van der Waals surface area contributed by atoms with Crippen molar-refractivity contribution in [2.24, 2.45) is 7.05 Å². The zero-order chi connectivity index (χ0) is 16.2. The summed E-state index contributed by atoms with van der Waals surface area (Å²) >= 11 is 0. The number of aromatic nitrogens is 2. The lowest BCUT2D eigenvalue weighted by Crippen LogP contribution is -2.69. The Morgan fingerprint density at radius 2 is 1.95 bits per heavy atom. The molecule has 116 valence electrons. The first-order chi connectivity index (χ1) is 9.54. The minimum absolute atomic E-state index is 0.214. The first-order valence-corrected chi connectivity index (χ1v) is 6.58. The number of aryl methyl sites for hydroxylation is 1. The van der Waals surface area contributed by atoms with Crippen LogP contribution in [0, 0.1) is 0 Å². The number of carboxylic acid groups (broad SMARTS) is 2. The van der Waals surface area contributed by atoms with E-state index in [0.29, 0.717) is 5.56 Å². The Hall–Kier alpha value is -1.93. The van der Waals surface area contributed by atoms with Crippen LogP contribution in [0.15, 0.2) is 6.20 Å². The van der Waals surface area contributed by atoms with Gasteiger partial charge in [-0.1, -0.05) is 0 Å². The quantitative estimate of drug-likeness (QED) is 0.664. The first-order valence-electron chi connectivity index (χ1n) is 6.58. The van der Waals surface area contributed by atoms with Crippen molar-refractivity contribution in [3.8, 4) is 0 Å². The van der Waals surface area contributed by atoms with E-state index in [4.69, 9.17) is 0 Å². The van der Waals surface area contributed by atoms with E-state index in [1.54, 1.807) is 27.8 Å². The molecule has 3 atom stereocenters. The van der Waals surface area contributed by atoms with Gasteiger partial charge in [-0.3, -0.25) is 4.68 Å². The standard InChI is InChI=1S/C13H19N3O5/c1-13(2,3)16(12(20)21)6-8(17)7-5-14-15(4)9(7)10(16)11(18)19/h5,8,10,17H,6H2,1-4H3,(H-,18,19,20,21)/p+1. The summed E-state index contributed by atoms with van der Waals surface area (Å²) in [5.74, 6) is -1.25. The number of quaternary nitrogens is 1. The van der Waals surface area contributed by atoms with Crippen LogP contribution >= 0.6 is 0 Å². The molecule has 3 N–H and O–H groups in total. The lowest BCUT2D eigenvalue weighted by Gasteiger charge is -2.49. The lowest BCUT2D eigenvalue weighted by atomic mass is 9.87. The number of aliphatic hydroxyl groups excluding tert-OH is 1. The van der Waals surface area contributed by atoms with Crippen molar-refractivity contribution in [3.63, 3.8) is 0 Å². The molecule has 0 saturated carbocycles. The number of amides is 1. The van der Waals surface area contributed by atoms with E-state index in [-0.39, 0.29) is 12.2 Å². The minimum Gasteiger partial charge on any atom is -0.477 e. The number of nitrogens with zero attached hydrogens (tertiary/aromatic N) is 3. The van der Waals surface area contributed by atoms with Crippen molar-refractivity contribution in [1.82, 2.24) is 9.78 Å². The maximum absolute atomic E-state index is 12.0. The number of fused-ring (bicyclic) bond motifs is 1. The van der Waals surface area contributed by atoms with E-state index in [2.05, 4.69) is 5.10 Å². The van der Waals surface area contributed by atoms with Crippen LogP contribution in [0.1, 0.15) is 44.2 Å².